The van der Waals surface area contributed by atoms with Gasteiger partial charge in [0.25, 0.3) is 0 Å². The van der Waals surface area contributed by atoms with Crippen LogP contribution in [0.5, 0.6) is 11.5 Å². The van der Waals surface area contributed by atoms with Gasteiger partial charge in [-0.15, -0.1) is 0 Å². The highest BCUT2D eigenvalue weighted by atomic mass is 79.9. The van der Waals surface area contributed by atoms with Gasteiger partial charge in [-0.3, -0.25) is 9.80 Å². The van der Waals surface area contributed by atoms with Crippen LogP contribution in [0.3, 0.4) is 0 Å². The molecule has 0 radical (unpaired) electrons. The van der Waals surface area contributed by atoms with E-state index in [4.69, 9.17) is 13.9 Å². The number of methoxy groups -OCH3 is 2. The first-order valence-corrected chi connectivity index (χ1v) is 13.5. The zero-order chi connectivity index (χ0) is 26.5. The molecule has 0 spiro atoms. The van der Waals surface area contributed by atoms with Crippen LogP contribution < -0.4 is 15.1 Å². The lowest BCUT2D eigenvalue weighted by Gasteiger charge is -2.39. The van der Waals surface area contributed by atoms with E-state index in [0.717, 1.165) is 36.2 Å². The maximum absolute atomic E-state index is 12.9. The summed E-state index contributed by atoms with van der Waals surface area (Å²) in [6.07, 6.45) is 0. The molecule has 3 aromatic carbocycles. The fraction of sp³-hybridized carbons (Fsp3) is 0.258. The van der Waals surface area contributed by atoms with Gasteiger partial charge in [-0.2, -0.15) is 0 Å². The summed E-state index contributed by atoms with van der Waals surface area (Å²) >= 11 is 3.55. The molecule has 1 aliphatic rings. The van der Waals surface area contributed by atoms with E-state index < -0.39 is 0 Å². The molecule has 196 valence electrons. The summed E-state index contributed by atoms with van der Waals surface area (Å²) in [5.74, 6) is 1.65. The molecule has 38 heavy (non-hydrogen) atoms. The van der Waals surface area contributed by atoms with Gasteiger partial charge in [0, 0.05) is 42.8 Å². The Bertz CT molecular complexity index is 1380. The van der Waals surface area contributed by atoms with Crippen molar-refractivity contribution in [2.75, 3.05) is 40.4 Å². The van der Waals surface area contributed by atoms with Gasteiger partial charge in [-0.05, 0) is 51.3 Å². The van der Waals surface area contributed by atoms with Crippen molar-refractivity contribution in [1.29, 1.82) is 0 Å². The average Bonchev–Trinajstić information content (AvgIpc) is 2.96. The molecule has 4 aromatic rings. The highest BCUT2D eigenvalue weighted by Gasteiger charge is 2.27. The Morgan fingerprint density at radius 1 is 0.816 bits per heavy atom. The molecule has 0 amide bonds. The number of rotatable bonds is 8. The quantitative estimate of drug-likeness (QED) is 0.257. The van der Waals surface area contributed by atoms with Crippen LogP contribution in [0, 0.1) is 0 Å². The van der Waals surface area contributed by atoms with E-state index in [0.29, 0.717) is 29.4 Å². The van der Waals surface area contributed by atoms with Crippen LogP contribution in [0.1, 0.15) is 22.7 Å². The summed E-state index contributed by atoms with van der Waals surface area (Å²) in [6, 6.07) is 28.9. The van der Waals surface area contributed by atoms with Crippen molar-refractivity contribution >= 4 is 15.9 Å². The first-order chi connectivity index (χ1) is 18.6. The average molecular weight is 576 g/mol. The van der Waals surface area contributed by atoms with E-state index >= 15 is 0 Å². The van der Waals surface area contributed by atoms with Gasteiger partial charge in [-0.25, -0.2) is 4.79 Å². The summed E-state index contributed by atoms with van der Waals surface area (Å²) in [5, 5.41) is 0. The van der Waals surface area contributed by atoms with Crippen LogP contribution in [0.2, 0.25) is 0 Å². The molecule has 6 nitrogen and oxygen atoms in total. The lowest BCUT2D eigenvalue weighted by Crippen LogP contribution is -2.47. The Balaban J connectivity index is 1.29. The molecule has 0 unspecified atom stereocenters. The van der Waals surface area contributed by atoms with Crippen LogP contribution in [0.25, 0.3) is 11.3 Å². The third-order valence-corrected chi connectivity index (χ3v) is 7.69. The second-order valence-electron chi connectivity index (χ2n) is 9.34. The predicted molar refractivity (Wildman–Crippen MR) is 153 cm³/mol. The van der Waals surface area contributed by atoms with Crippen molar-refractivity contribution in [2.45, 2.75) is 12.6 Å². The van der Waals surface area contributed by atoms with Gasteiger partial charge in [0.1, 0.15) is 5.76 Å². The van der Waals surface area contributed by atoms with E-state index in [1.54, 1.807) is 26.4 Å². The zero-order valence-corrected chi connectivity index (χ0v) is 23.2. The van der Waals surface area contributed by atoms with E-state index in [9.17, 15) is 4.79 Å². The minimum absolute atomic E-state index is 0.212. The second-order valence-corrected chi connectivity index (χ2v) is 10.2. The minimum atomic E-state index is -0.321. The summed E-state index contributed by atoms with van der Waals surface area (Å²) in [4.78, 5) is 17.8. The molecular formula is C31H31BrN2O4. The minimum Gasteiger partial charge on any atom is -0.493 e. The number of halogens is 1. The summed E-state index contributed by atoms with van der Waals surface area (Å²) in [7, 11) is 3.17. The van der Waals surface area contributed by atoms with Crippen LogP contribution in [-0.2, 0) is 6.54 Å². The van der Waals surface area contributed by atoms with E-state index in [2.05, 4.69) is 86.4 Å². The van der Waals surface area contributed by atoms with Gasteiger partial charge < -0.3 is 13.9 Å². The van der Waals surface area contributed by atoms with Crippen molar-refractivity contribution in [3.05, 3.63) is 117 Å². The fourth-order valence-corrected chi connectivity index (χ4v) is 5.57. The number of benzene rings is 3. The molecule has 1 saturated heterocycles. The third-order valence-electron chi connectivity index (χ3n) is 7.04. The summed E-state index contributed by atoms with van der Waals surface area (Å²) in [5.41, 5.74) is 3.65. The highest BCUT2D eigenvalue weighted by molar-refractivity contribution is 9.10. The van der Waals surface area contributed by atoms with Crippen molar-refractivity contribution in [3.8, 4) is 22.8 Å². The highest BCUT2D eigenvalue weighted by Crippen LogP contribution is 2.38. The second kappa shape index (κ2) is 12.0. The van der Waals surface area contributed by atoms with Gasteiger partial charge >= 0.3 is 5.63 Å². The van der Waals surface area contributed by atoms with Gasteiger partial charge in [0.2, 0.25) is 0 Å². The molecule has 7 heteroatoms. The first kappa shape index (κ1) is 26.2. The number of piperazine rings is 1. The SMILES string of the molecule is COc1cc(Br)c(-c2ccc(CN3CCN(C(c4ccccc4)c4ccccc4)CC3)c(=O)o2)cc1OC. The van der Waals surface area contributed by atoms with Gasteiger partial charge in [0.15, 0.2) is 11.5 Å². The van der Waals surface area contributed by atoms with Gasteiger partial charge in [0.05, 0.1) is 25.8 Å². The standard InChI is InChI=1S/C31H31BrN2O4/c1-36-28-19-25(26(32)20-29(28)37-2)27-14-13-24(31(35)38-27)21-33-15-17-34(18-16-33)30(22-9-5-3-6-10-22)23-11-7-4-8-12-23/h3-14,19-20,30H,15-18,21H2,1-2H3. The molecule has 1 aromatic heterocycles. The molecule has 0 N–H and O–H groups in total. The maximum Gasteiger partial charge on any atom is 0.340 e. The smallest absolute Gasteiger partial charge is 0.340 e. The molecule has 5 rings (SSSR count). The Kier molecular flexibility index (Phi) is 8.27. The maximum atomic E-state index is 12.9. The number of ether oxygens (including phenoxy) is 2. The normalized spacial score (nSPS) is 14.5. The van der Waals surface area contributed by atoms with Crippen LogP contribution in [0.4, 0.5) is 0 Å². The molecule has 2 heterocycles. The number of hydrogen-bond acceptors (Lipinski definition) is 6. The van der Waals surface area contributed by atoms with Gasteiger partial charge in [-0.1, -0.05) is 60.7 Å². The number of nitrogens with zero attached hydrogens (tertiary/aromatic N) is 2. The Morgan fingerprint density at radius 3 is 1.95 bits per heavy atom. The lowest BCUT2D eigenvalue weighted by molar-refractivity contribution is 0.104. The molecular weight excluding hydrogens is 544 g/mol. The largest absolute Gasteiger partial charge is 0.493 e. The Labute approximate surface area is 231 Å². The predicted octanol–water partition coefficient (Wildman–Crippen LogP) is 5.99. The Morgan fingerprint density at radius 2 is 1.39 bits per heavy atom. The van der Waals surface area contributed by atoms with Crippen molar-refractivity contribution in [1.82, 2.24) is 9.80 Å². The molecule has 1 aliphatic heterocycles. The molecule has 0 atom stereocenters. The van der Waals surface area contributed by atoms with Crippen molar-refractivity contribution < 1.29 is 13.9 Å². The van der Waals surface area contributed by atoms with Crippen LogP contribution in [0.15, 0.2) is 98.6 Å². The van der Waals surface area contributed by atoms with Crippen LogP contribution in [-0.4, -0.2) is 50.2 Å². The summed E-state index contributed by atoms with van der Waals surface area (Å²) < 4.78 is 17.3. The Hall–Kier alpha value is -3.39. The van der Waals surface area contributed by atoms with E-state index in [1.165, 1.54) is 11.1 Å². The van der Waals surface area contributed by atoms with E-state index in [1.807, 2.05) is 12.1 Å². The molecule has 0 aliphatic carbocycles. The molecule has 1 fully saturated rings. The molecule has 0 bridgehead atoms. The summed E-state index contributed by atoms with van der Waals surface area (Å²) in [6.45, 7) is 4.13. The molecule has 0 saturated carbocycles. The first-order valence-electron chi connectivity index (χ1n) is 12.7. The topological polar surface area (TPSA) is 55.2 Å². The zero-order valence-electron chi connectivity index (χ0n) is 21.6. The van der Waals surface area contributed by atoms with Crippen molar-refractivity contribution in [3.63, 3.8) is 0 Å². The monoisotopic (exact) mass is 574 g/mol. The fourth-order valence-electron chi connectivity index (χ4n) is 5.05. The van der Waals surface area contributed by atoms with Crippen LogP contribution >= 0.6 is 15.9 Å². The van der Waals surface area contributed by atoms with E-state index in [-0.39, 0.29) is 11.7 Å². The lowest BCUT2D eigenvalue weighted by atomic mass is 9.96. The van der Waals surface area contributed by atoms with Crippen molar-refractivity contribution in [2.24, 2.45) is 0 Å². The third kappa shape index (κ3) is 5.70. The number of hydrogen-bond donors (Lipinski definition) is 0.